The Bertz CT molecular complexity index is 1290. The summed E-state index contributed by atoms with van der Waals surface area (Å²) in [5, 5.41) is 10.1. The van der Waals surface area contributed by atoms with Crippen LogP contribution in [0.5, 0.6) is 5.75 Å². The molecule has 0 atom stereocenters. The Morgan fingerprint density at radius 3 is 2.51 bits per heavy atom. The Morgan fingerprint density at radius 2 is 1.77 bits per heavy atom. The molecule has 0 saturated heterocycles. The van der Waals surface area contributed by atoms with E-state index in [4.69, 9.17) is 4.74 Å². The number of anilines is 1. The number of hydrogen-bond donors (Lipinski definition) is 1. The molecule has 3 aromatic rings. The number of carboxylic acid groups (broad SMARTS) is 1. The second-order valence-corrected chi connectivity index (χ2v) is 9.01. The summed E-state index contributed by atoms with van der Waals surface area (Å²) in [5.41, 5.74) is 2.76. The number of hydrogen-bond acceptors (Lipinski definition) is 3. The Morgan fingerprint density at radius 1 is 1.00 bits per heavy atom. The smallest absolute Gasteiger partial charge is 0.416 e. The zero-order valence-electron chi connectivity index (χ0n) is 18.9. The number of rotatable bonds is 7. The molecule has 1 saturated carbocycles. The molecule has 1 aliphatic carbocycles. The summed E-state index contributed by atoms with van der Waals surface area (Å²) in [6.07, 6.45) is -2.10. The highest BCUT2D eigenvalue weighted by Gasteiger charge is 2.32. The molecule has 180 valence electrons. The van der Waals surface area contributed by atoms with Gasteiger partial charge < -0.3 is 14.7 Å². The molecular formula is C28H24F3NO3. The van der Waals surface area contributed by atoms with Gasteiger partial charge in [0.1, 0.15) is 5.75 Å². The molecule has 1 heterocycles. The molecule has 0 radical (unpaired) electrons. The highest BCUT2D eigenvalue weighted by Crippen LogP contribution is 2.41. The molecule has 5 rings (SSSR count). The Balaban J connectivity index is 1.52. The second-order valence-electron chi connectivity index (χ2n) is 9.01. The molecule has 1 aliphatic heterocycles. The van der Waals surface area contributed by atoms with Crippen LogP contribution in [-0.2, 0) is 17.5 Å². The van der Waals surface area contributed by atoms with Gasteiger partial charge in [0.2, 0.25) is 0 Å². The molecule has 0 spiro atoms. The molecular weight excluding hydrogens is 455 g/mol. The summed E-state index contributed by atoms with van der Waals surface area (Å²) in [6.45, 7) is 0.857. The zero-order chi connectivity index (χ0) is 24.6. The third-order valence-electron chi connectivity index (χ3n) is 6.36. The van der Waals surface area contributed by atoms with E-state index in [-0.39, 0.29) is 18.7 Å². The topological polar surface area (TPSA) is 49.8 Å². The van der Waals surface area contributed by atoms with Gasteiger partial charge in [0.05, 0.1) is 24.3 Å². The van der Waals surface area contributed by atoms with Gasteiger partial charge in [0, 0.05) is 23.4 Å². The number of ether oxygens (including phenoxy) is 1. The summed E-state index contributed by atoms with van der Waals surface area (Å²) in [4.78, 5) is 14.2. The van der Waals surface area contributed by atoms with Gasteiger partial charge in [0.25, 0.3) is 0 Å². The van der Waals surface area contributed by atoms with E-state index in [9.17, 15) is 23.1 Å². The number of para-hydroxylation sites is 1. The van der Waals surface area contributed by atoms with Crippen molar-refractivity contribution in [1.82, 2.24) is 0 Å². The number of benzene rings is 3. The maximum absolute atomic E-state index is 13.2. The molecule has 2 aliphatic rings. The van der Waals surface area contributed by atoms with E-state index in [1.54, 1.807) is 6.07 Å². The largest absolute Gasteiger partial charge is 0.493 e. The minimum Gasteiger partial charge on any atom is -0.493 e. The van der Waals surface area contributed by atoms with Crippen molar-refractivity contribution in [3.8, 4) is 5.75 Å². The number of halogens is 3. The molecule has 0 amide bonds. The maximum Gasteiger partial charge on any atom is 0.416 e. The first-order chi connectivity index (χ1) is 16.8. The van der Waals surface area contributed by atoms with Crippen molar-refractivity contribution in [3.63, 3.8) is 0 Å². The van der Waals surface area contributed by atoms with Gasteiger partial charge in [-0.2, -0.15) is 13.2 Å². The fraction of sp³-hybridized carbons (Fsp3) is 0.250. The average Bonchev–Trinajstić information content (AvgIpc) is 3.67. The van der Waals surface area contributed by atoms with Crippen LogP contribution in [0, 0.1) is 5.92 Å². The van der Waals surface area contributed by atoms with Crippen molar-refractivity contribution < 1.29 is 27.8 Å². The number of alkyl halides is 3. The first kappa shape index (κ1) is 23.0. The van der Waals surface area contributed by atoms with Crippen LogP contribution in [0.4, 0.5) is 18.9 Å². The van der Waals surface area contributed by atoms with Crippen molar-refractivity contribution in [3.05, 3.63) is 101 Å². The predicted molar refractivity (Wildman–Crippen MR) is 127 cm³/mol. The molecule has 1 N–H and O–H groups in total. The SMILES string of the molecule is O=C(O)C1=C(c2cccc(OCC3CC3)c2)c2ccccc2N(Cc2cccc(C(F)(F)F)c2)C1. The van der Waals surface area contributed by atoms with E-state index in [1.165, 1.54) is 18.9 Å². The molecule has 0 unspecified atom stereocenters. The van der Waals surface area contributed by atoms with Crippen molar-refractivity contribution >= 4 is 17.2 Å². The van der Waals surface area contributed by atoms with Crippen LogP contribution in [0.3, 0.4) is 0 Å². The lowest BCUT2D eigenvalue weighted by atomic mass is 9.88. The van der Waals surface area contributed by atoms with Crippen LogP contribution >= 0.6 is 0 Å². The fourth-order valence-electron chi connectivity index (χ4n) is 4.43. The molecule has 0 bridgehead atoms. The molecule has 35 heavy (non-hydrogen) atoms. The Kier molecular flexibility index (Phi) is 6.01. The number of aliphatic carboxylic acids is 1. The molecule has 3 aromatic carbocycles. The monoisotopic (exact) mass is 479 g/mol. The quantitative estimate of drug-likeness (QED) is 0.426. The van der Waals surface area contributed by atoms with Gasteiger partial charge in [-0.3, -0.25) is 0 Å². The third kappa shape index (κ3) is 5.04. The lowest BCUT2D eigenvalue weighted by molar-refractivity contribution is -0.137. The summed E-state index contributed by atoms with van der Waals surface area (Å²) >= 11 is 0. The van der Waals surface area contributed by atoms with Crippen LogP contribution in [0.2, 0.25) is 0 Å². The summed E-state index contributed by atoms with van der Waals surface area (Å²) in [5.74, 6) is 0.218. The van der Waals surface area contributed by atoms with Crippen LogP contribution in [0.15, 0.2) is 78.4 Å². The Hall–Kier alpha value is -3.74. The number of nitrogens with zero attached hydrogens (tertiary/aromatic N) is 1. The normalized spacial score (nSPS) is 15.7. The fourth-order valence-corrected chi connectivity index (χ4v) is 4.43. The molecule has 0 aromatic heterocycles. The van der Waals surface area contributed by atoms with Crippen LogP contribution in [0.1, 0.15) is 35.1 Å². The zero-order valence-corrected chi connectivity index (χ0v) is 18.9. The summed E-state index contributed by atoms with van der Waals surface area (Å²) in [7, 11) is 0. The van der Waals surface area contributed by atoms with Crippen molar-refractivity contribution in [2.24, 2.45) is 5.92 Å². The van der Waals surface area contributed by atoms with Crippen LogP contribution < -0.4 is 9.64 Å². The lowest BCUT2D eigenvalue weighted by Crippen LogP contribution is -2.32. The number of carboxylic acids is 1. The van der Waals surface area contributed by atoms with E-state index in [2.05, 4.69) is 0 Å². The van der Waals surface area contributed by atoms with E-state index < -0.39 is 17.7 Å². The maximum atomic E-state index is 13.2. The van der Waals surface area contributed by atoms with Gasteiger partial charge in [-0.05, 0) is 60.2 Å². The van der Waals surface area contributed by atoms with E-state index in [0.717, 1.165) is 28.9 Å². The van der Waals surface area contributed by atoms with E-state index in [0.29, 0.717) is 29.4 Å². The lowest BCUT2D eigenvalue weighted by Gasteiger charge is -2.33. The molecule has 4 nitrogen and oxygen atoms in total. The van der Waals surface area contributed by atoms with Crippen LogP contribution in [-0.4, -0.2) is 24.2 Å². The predicted octanol–water partition coefficient (Wildman–Crippen LogP) is 6.40. The van der Waals surface area contributed by atoms with Gasteiger partial charge in [-0.15, -0.1) is 0 Å². The van der Waals surface area contributed by atoms with Gasteiger partial charge >= 0.3 is 12.1 Å². The number of fused-ring (bicyclic) bond motifs is 1. The first-order valence-electron chi connectivity index (χ1n) is 11.5. The minimum atomic E-state index is -4.44. The van der Waals surface area contributed by atoms with Crippen molar-refractivity contribution in [2.45, 2.75) is 25.6 Å². The highest BCUT2D eigenvalue weighted by molar-refractivity contribution is 6.05. The highest BCUT2D eigenvalue weighted by atomic mass is 19.4. The van der Waals surface area contributed by atoms with Gasteiger partial charge in [-0.25, -0.2) is 4.79 Å². The minimum absolute atomic E-state index is 0.0606. The standard InChI is InChI=1S/C28H24F3NO3/c29-28(30,31)21-7-3-5-19(13-21)15-32-16-24(27(33)34)26(23-9-1-2-10-25(23)32)20-6-4-8-22(14-20)35-17-18-11-12-18/h1-10,13-14,18H,11-12,15-17H2,(H,33,34). The van der Waals surface area contributed by atoms with Crippen molar-refractivity contribution in [1.29, 1.82) is 0 Å². The van der Waals surface area contributed by atoms with Gasteiger partial charge in [-0.1, -0.05) is 42.5 Å². The van der Waals surface area contributed by atoms with E-state index in [1.807, 2.05) is 53.4 Å². The third-order valence-corrected chi connectivity index (χ3v) is 6.36. The molecule has 7 heteroatoms. The first-order valence-corrected chi connectivity index (χ1v) is 11.5. The Labute approximate surface area is 201 Å². The summed E-state index contributed by atoms with van der Waals surface area (Å²) < 4.78 is 45.6. The summed E-state index contributed by atoms with van der Waals surface area (Å²) in [6, 6.07) is 20.0. The van der Waals surface area contributed by atoms with Crippen molar-refractivity contribution in [2.75, 3.05) is 18.1 Å². The average molecular weight is 479 g/mol. The van der Waals surface area contributed by atoms with Crippen LogP contribution in [0.25, 0.3) is 5.57 Å². The second kappa shape index (κ2) is 9.13. The van der Waals surface area contributed by atoms with Gasteiger partial charge in [0.15, 0.2) is 0 Å². The molecule has 1 fully saturated rings. The van der Waals surface area contributed by atoms with E-state index >= 15 is 0 Å². The number of carbonyl (C=O) groups is 1.